The minimum absolute atomic E-state index is 0.228. The van der Waals surface area contributed by atoms with Crippen molar-refractivity contribution in [3.05, 3.63) is 5.89 Å². The van der Waals surface area contributed by atoms with Gasteiger partial charge in [0.1, 0.15) is 6.10 Å². The predicted octanol–water partition coefficient (Wildman–Crippen LogP) is -0.0921. The van der Waals surface area contributed by atoms with Crippen molar-refractivity contribution in [2.45, 2.75) is 19.4 Å². The van der Waals surface area contributed by atoms with Crippen LogP contribution in [0.3, 0.4) is 0 Å². The monoisotopic (exact) mass is 200 g/mol. The lowest BCUT2D eigenvalue weighted by Gasteiger charge is -2.09. The number of aromatic nitrogens is 2. The number of hydrogen-bond acceptors (Lipinski definition) is 6. The molecule has 6 heteroatoms. The highest BCUT2D eigenvalue weighted by Crippen LogP contribution is 2.16. The van der Waals surface area contributed by atoms with Gasteiger partial charge in [-0.3, -0.25) is 0 Å². The van der Waals surface area contributed by atoms with Crippen LogP contribution in [0.5, 0.6) is 0 Å². The molecule has 14 heavy (non-hydrogen) atoms. The van der Waals surface area contributed by atoms with Crippen molar-refractivity contribution in [3.63, 3.8) is 0 Å². The summed E-state index contributed by atoms with van der Waals surface area (Å²) in [6.07, 6.45) is -0.330. The Morgan fingerprint density at radius 2 is 2.36 bits per heavy atom. The molecule has 1 atom stereocenters. The van der Waals surface area contributed by atoms with Crippen LogP contribution in [-0.4, -0.2) is 35.4 Å². The maximum atomic E-state index is 9.49. The van der Waals surface area contributed by atoms with E-state index in [1.54, 1.807) is 0 Å². The molecule has 0 aliphatic heterocycles. The summed E-state index contributed by atoms with van der Waals surface area (Å²) < 4.78 is 4.89. The van der Waals surface area contributed by atoms with E-state index in [0.717, 1.165) is 6.54 Å². The Morgan fingerprint density at radius 3 is 2.93 bits per heavy atom. The smallest absolute Gasteiger partial charge is 0.265 e. The molecule has 0 aromatic carbocycles. The van der Waals surface area contributed by atoms with Crippen molar-refractivity contribution in [1.29, 1.82) is 0 Å². The van der Waals surface area contributed by atoms with Crippen LogP contribution < -0.4 is 10.6 Å². The zero-order chi connectivity index (χ0) is 10.6. The van der Waals surface area contributed by atoms with E-state index in [1.807, 2.05) is 18.9 Å². The van der Waals surface area contributed by atoms with Gasteiger partial charge in [-0.25, -0.2) is 0 Å². The number of rotatable bonds is 5. The largest absolute Gasteiger partial charge is 0.383 e. The van der Waals surface area contributed by atoms with E-state index in [0.29, 0.717) is 18.9 Å². The summed E-state index contributed by atoms with van der Waals surface area (Å²) >= 11 is 0. The van der Waals surface area contributed by atoms with Crippen LogP contribution in [0.15, 0.2) is 4.52 Å². The minimum Gasteiger partial charge on any atom is -0.383 e. The molecule has 0 fully saturated rings. The van der Waals surface area contributed by atoms with E-state index in [4.69, 9.17) is 10.3 Å². The average molecular weight is 200 g/mol. The lowest BCUT2D eigenvalue weighted by molar-refractivity contribution is 0.127. The number of hydrogen-bond donors (Lipinski definition) is 2. The lowest BCUT2D eigenvalue weighted by atomic mass is 10.2. The normalized spacial score (nSPS) is 12.9. The van der Waals surface area contributed by atoms with E-state index in [-0.39, 0.29) is 5.89 Å². The molecular formula is C8H16N4O2. The van der Waals surface area contributed by atoms with Crippen molar-refractivity contribution in [2.75, 3.05) is 25.0 Å². The van der Waals surface area contributed by atoms with E-state index in [1.165, 1.54) is 0 Å². The van der Waals surface area contributed by atoms with Crippen LogP contribution >= 0.6 is 0 Å². The molecule has 0 radical (unpaired) electrons. The average Bonchev–Trinajstić information content (AvgIpc) is 2.66. The Kier molecular flexibility index (Phi) is 3.84. The third-order valence-corrected chi connectivity index (χ3v) is 1.97. The Hall–Kier alpha value is -1.14. The minimum atomic E-state index is -0.758. The van der Waals surface area contributed by atoms with E-state index in [2.05, 4.69) is 10.1 Å². The Bertz CT molecular complexity index is 276. The number of nitrogens with zero attached hydrogens (tertiary/aromatic N) is 3. The summed E-state index contributed by atoms with van der Waals surface area (Å²) in [6.45, 7) is 3.15. The van der Waals surface area contributed by atoms with Crippen LogP contribution in [0, 0.1) is 0 Å². The number of aliphatic hydroxyl groups excluding tert-OH is 1. The summed E-state index contributed by atoms with van der Waals surface area (Å²) in [7, 11) is 1.85. The predicted molar refractivity (Wildman–Crippen MR) is 51.9 cm³/mol. The molecule has 0 saturated heterocycles. The van der Waals surface area contributed by atoms with Gasteiger partial charge in [-0.1, -0.05) is 0 Å². The molecule has 1 aromatic heterocycles. The molecule has 0 aliphatic carbocycles. The van der Waals surface area contributed by atoms with Crippen molar-refractivity contribution >= 4 is 5.95 Å². The Morgan fingerprint density at radius 1 is 1.64 bits per heavy atom. The molecule has 0 amide bonds. The second-order valence-electron chi connectivity index (χ2n) is 3.04. The summed E-state index contributed by atoms with van der Waals surface area (Å²) in [4.78, 5) is 5.86. The van der Waals surface area contributed by atoms with Crippen molar-refractivity contribution < 1.29 is 9.63 Å². The van der Waals surface area contributed by atoms with Gasteiger partial charge in [0, 0.05) is 13.6 Å². The van der Waals surface area contributed by atoms with Crippen LogP contribution in [0.2, 0.25) is 0 Å². The molecule has 3 N–H and O–H groups in total. The first-order chi connectivity index (χ1) is 6.69. The standard InChI is InChI=1S/C8H16N4O2/c1-3-12(2)8-10-7(14-11-8)6(13)4-5-9/h6,13H,3-5,9H2,1-2H3/t6-/m0/s1. The van der Waals surface area contributed by atoms with Gasteiger partial charge in [-0.15, -0.1) is 0 Å². The highest BCUT2D eigenvalue weighted by atomic mass is 16.5. The summed E-state index contributed by atoms with van der Waals surface area (Å²) in [6, 6.07) is 0. The maximum absolute atomic E-state index is 9.49. The third-order valence-electron chi connectivity index (χ3n) is 1.97. The fourth-order valence-corrected chi connectivity index (χ4v) is 0.940. The zero-order valence-corrected chi connectivity index (χ0v) is 8.47. The highest BCUT2D eigenvalue weighted by molar-refractivity contribution is 5.25. The maximum Gasteiger partial charge on any atom is 0.265 e. The highest BCUT2D eigenvalue weighted by Gasteiger charge is 2.16. The zero-order valence-electron chi connectivity index (χ0n) is 8.47. The fraction of sp³-hybridized carbons (Fsp3) is 0.750. The molecule has 0 spiro atoms. The van der Waals surface area contributed by atoms with Crippen molar-refractivity contribution in [3.8, 4) is 0 Å². The first kappa shape index (κ1) is 10.9. The van der Waals surface area contributed by atoms with Gasteiger partial charge in [0.05, 0.1) is 0 Å². The van der Waals surface area contributed by atoms with Crippen molar-refractivity contribution in [1.82, 2.24) is 10.1 Å². The number of anilines is 1. The Balaban J connectivity index is 2.67. The van der Waals surface area contributed by atoms with E-state index in [9.17, 15) is 5.11 Å². The number of nitrogens with two attached hydrogens (primary N) is 1. The van der Waals surface area contributed by atoms with Gasteiger partial charge >= 0.3 is 0 Å². The fourth-order valence-electron chi connectivity index (χ4n) is 0.940. The SMILES string of the molecule is CCN(C)c1noc([C@@H](O)CCN)n1. The van der Waals surface area contributed by atoms with Gasteiger partial charge in [0.15, 0.2) is 0 Å². The molecule has 0 aliphatic rings. The third kappa shape index (κ3) is 2.43. The topological polar surface area (TPSA) is 88.4 Å². The van der Waals surface area contributed by atoms with Crippen LogP contribution in [0.25, 0.3) is 0 Å². The van der Waals surface area contributed by atoms with Crippen LogP contribution in [0.4, 0.5) is 5.95 Å². The number of aliphatic hydroxyl groups is 1. The molecule has 6 nitrogen and oxygen atoms in total. The van der Waals surface area contributed by atoms with Gasteiger partial charge in [0.2, 0.25) is 0 Å². The summed E-state index contributed by atoms with van der Waals surface area (Å²) in [5.41, 5.74) is 5.30. The van der Waals surface area contributed by atoms with Crippen molar-refractivity contribution in [2.24, 2.45) is 5.73 Å². The van der Waals surface area contributed by atoms with Gasteiger partial charge in [-0.05, 0) is 25.0 Å². The summed E-state index contributed by atoms with van der Waals surface area (Å²) in [5, 5.41) is 13.2. The van der Waals surface area contributed by atoms with Gasteiger partial charge in [0.25, 0.3) is 11.8 Å². The van der Waals surface area contributed by atoms with Gasteiger partial charge in [-0.2, -0.15) is 4.98 Å². The molecule has 80 valence electrons. The quantitative estimate of drug-likeness (QED) is 0.690. The molecule has 1 heterocycles. The second-order valence-corrected chi connectivity index (χ2v) is 3.04. The molecule has 1 aromatic rings. The van der Waals surface area contributed by atoms with Crippen LogP contribution in [0.1, 0.15) is 25.3 Å². The Labute approximate surface area is 82.7 Å². The molecule has 0 unspecified atom stereocenters. The van der Waals surface area contributed by atoms with E-state index < -0.39 is 6.10 Å². The van der Waals surface area contributed by atoms with E-state index >= 15 is 0 Å². The first-order valence-corrected chi connectivity index (χ1v) is 4.62. The van der Waals surface area contributed by atoms with Crippen LogP contribution in [-0.2, 0) is 0 Å². The molecular weight excluding hydrogens is 184 g/mol. The molecule has 1 rings (SSSR count). The molecule has 0 bridgehead atoms. The lowest BCUT2D eigenvalue weighted by Crippen LogP contribution is -2.17. The molecule has 0 saturated carbocycles. The second kappa shape index (κ2) is 4.92. The first-order valence-electron chi connectivity index (χ1n) is 4.62. The summed E-state index contributed by atoms with van der Waals surface area (Å²) in [5.74, 6) is 0.712. The van der Waals surface area contributed by atoms with Gasteiger partial charge < -0.3 is 20.3 Å².